The maximum Gasteiger partial charge on any atom is 0.187 e. The van der Waals surface area contributed by atoms with E-state index in [0.717, 1.165) is 15.7 Å². The second-order valence-electron chi connectivity index (χ2n) is 5.71. The van der Waals surface area contributed by atoms with Crippen LogP contribution in [-0.4, -0.2) is 30.0 Å². The molecular weight excluding hydrogens is 430 g/mol. The van der Waals surface area contributed by atoms with Crippen LogP contribution in [0.4, 0.5) is 0 Å². The third kappa shape index (κ3) is 3.47. The molecule has 2 aromatic heterocycles. The van der Waals surface area contributed by atoms with Crippen molar-refractivity contribution in [1.82, 2.24) is 30.0 Å². The zero-order valence-electron chi connectivity index (χ0n) is 13.8. The number of rotatable bonds is 4. The number of hydrogen-bond acceptors (Lipinski definition) is 5. The highest BCUT2D eigenvalue weighted by Crippen LogP contribution is 2.29. The van der Waals surface area contributed by atoms with E-state index in [1.54, 1.807) is 27.7 Å². The third-order valence-corrected chi connectivity index (χ3v) is 4.81. The minimum Gasteiger partial charge on any atom is -0.221 e. The van der Waals surface area contributed by atoms with E-state index in [9.17, 15) is 0 Å². The Balaban J connectivity index is 1.67. The first kappa shape index (κ1) is 17.4. The maximum absolute atomic E-state index is 8.91. The Morgan fingerprint density at radius 1 is 1.15 bits per heavy atom. The Kier molecular flexibility index (Phi) is 4.71. The molecule has 0 amide bonds. The van der Waals surface area contributed by atoms with Gasteiger partial charge in [0.1, 0.15) is 5.15 Å². The summed E-state index contributed by atoms with van der Waals surface area (Å²) >= 11 is 10.0. The average Bonchev–Trinajstić information content (AvgIpc) is 3.28. The maximum atomic E-state index is 8.91. The van der Waals surface area contributed by atoms with E-state index in [1.807, 2.05) is 36.4 Å². The van der Waals surface area contributed by atoms with Crippen molar-refractivity contribution in [2.45, 2.75) is 6.54 Å². The molecule has 4 aromatic rings. The van der Waals surface area contributed by atoms with Crippen LogP contribution in [-0.2, 0) is 6.54 Å². The van der Waals surface area contributed by atoms with Gasteiger partial charge in [-0.3, -0.25) is 0 Å². The SMILES string of the molecule is N#Cc1ccc(Cn2nnnc2-c2cnn(-c3cccc(Br)c3)c2Cl)cc1. The number of aromatic nitrogens is 6. The van der Waals surface area contributed by atoms with Gasteiger partial charge in [0.15, 0.2) is 5.82 Å². The molecule has 0 unspecified atom stereocenters. The highest BCUT2D eigenvalue weighted by atomic mass is 79.9. The topological polar surface area (TPSA) is 85.2 Å². The molecule has 2 heterocycles. The predicted molar refractivity (Wildman–Crippen MR) is 103 cm³/mol. The normalized spacial score (nSPS) is 10.7. The summed E-state index contributed by atoms with van der Waals surface area (Å²) in [6.45, 7) is 0.451. The Labute approximate surface area is 167 Å². The molecule has 132 valence electrons. The van der Waals surface area contributed by atoms with Gasteiger partial charge in [-0.25, -0.2) is 9.36 Å². The van der Waals surface area contributed by atoms with Crippen LogP contribution >= 0.6 is 27.5 Å². The molecular formula is C18H11BrClN7. The quantitative estimate of drug-likeness (QED) is 0.481. The first-order valence-corrected chi connectivity index (χ1v) is 9.08. The number of nitrogens with zero attached hydrogens (tertiary/aromatic N) is 7. The molecule has 2 aromatic carbocycles. The second kappa shape index (κ2) is 7.31. The highest BCUT2D eigenvalue weighted by Gasteiger charge is 2.18. The van der Waals surface area contributed by atoms with E-state index in [1.165, 1.54) is 0 Å². The Hall–Kier alpha value is -3.02. The summed E-state index contributed by atoms with van der Waals surface area (Å²) in [4.78, 5) is 0. The van der Waals surface area contributed by atoms with Crippen molar-refractivity contribution in [1.29, 1.82) is 5.26 Å². The Morgan fingerprint density at radius 3 is 2.70 bits per heavy atom. The summed E-state index contributed by atoms with van der Waals surface area (Å²) in [5.74, 6) is 0.519. The number of tetrazole rings is 1. The zero-order valence-corrected chi connectivity index (χ0v) is 16.1. The Morgan fingerprint density at radius 2 is 1.96 bits per heavy atom. The highest BCUT2D eigenvalue weighted by molar-refractivity contribution is 9.10. The lowest BCUT2D eigenvalue weighted by atomic mass is 10.1. The molecule has 9 heteroatoms. The molecule has 0 fully saturated rings. The van der Waals surface area contributed by atoms with Gasteiger partial charge < -0.3 is 0 Å². The van der Waals surface area contributed by atoms with Gasteiger partial charge in [0.05, 0.1) is 35.6 Å². The fourth-order valence-corrected chi connectivity index (χ4v) is 3.29. The molecule has 0 saturated heterocycles. The molecule has 0 N–H and O–H groups in total. The molecule has 0 aliphatic rings. The van der Waals surface area contributed by atoms with Crippen LogP contribution in [0.3, 0.4) is 0 Å². The van der Waals surface area contributed by atoms with Gasteiger partial charge in [-0.2, -0.15) is 10.4 Å². The molecule has 0 bridgehead atoms. The van der Waals surface area contributed by atoms with Gasteiger partial charge in [0, 0.05) is 4.47 Å². The monoisotopic (exact) mass is 439 g/mol. The molecule has 0 aliphatic heterocycles. The van der Waals surface area contributed by atoms with Crippen LogP contribution in [0.25, 0.3) is 17.1 Å². The zero-order chi connectivity index (χ0) is 18.8. The van der Waals surface area contributed by atoms with Gasteiger partial charge in [-0.1, -0.05) is 45.7 Å². The summed E-state index contributed by atoms with van der Waals surface area (Å²) in [7, 11) is 0. The van der Waals surface area contributed by atoms with Crippen molar-refractivity contribution < 1.29 is 0 Å². The molecule has 0 atom stereocenters. The van der Waals surface area contributed by atoms with Crippen molar-refractivity contribution >= 4 is 27.5 Å². The van der Waals surface area contributed by atoms with Gasteiger partial charge in [0.25, 0.3) is 0 Å². The summed E-state index contributed by atoms with van der Waals surface area (Å²) in [5, 5.41) is 25.6. The molecule has 0 spiro atoms. The van der Waals surface area contributed by atoms with Crippen molar-refractivity contribution in [3.63, 3.8) is 0 Å². The molecule has 0 radical (unpaired) electrons. The van der Waals surface area contributed by atoms with Gasteiger partial charge in [0.2, 0.25) is 0 Å². The number of hydrogen-bond donors (Lipinski definition) is 0. The van der Waals surface area contributed by atoms with E-state index in [0.29, 0.717) is 28.6 Å². The average molecular weight is 441 g/mol. The van der Waals surface area contributed by atoms with E-state index in [2.05, 4.69) is 42.6 Å². The number of halogens is 2. The van der Waals surface area contributed by atoms with Gasteiger partial charge >= 0.3 is 0 Å². The lowest BCUT2D eigenvalue weighted by Crippen LogP contribution is -2.04. The van der Waals surface area contributed by atoms with E-state index >= 15 is 0 Å². The fourth-order valence-electron chi connectivity index (χ4n) is 2.63. The van der Waals surface area contributed by atoms with Crippen LogP contribution in [0.15, 0.2) is 59.2 Å². The van der Waals surface area contributed by atoms with Crippen molar-refractivity contribution in [3.8, 4) is 23.1 Å². The van der Waals surface area contributed by atoms with Crippen molar-refractivity contribution in [2.75, 3.05) is 0 Å². The number of nitriles is 1. The minimum absolute atomic E-state index is 0.420. The van der Waals surface area contributed by atoms with Crippen molar-refractivity contribution in [2.24, 2.45) is 0 Å². The fraction of sp³-hybridized carbons (Fsp3) is 0.0556. The molecule has 7 nitrogen and oxygen atoms in total. The van der Waals surface area contributed by atoms with E-state index in [4.69, 9.17) is 16.9 Å². The first-order chi connectivity index (χ1) is 13.2. The lowest BCUT2D eigenvalue weighted by molar-refractivity contribution is 0.653. The van der Waals surface area contributed by atoms with Crippen LogP contribution in [0.2, 0.25) is 5.15 Å². The van der Waals surface area contributed by atoms with E-state index < -0.39 is 0 Å². The number of benzene rings is 2. The Bertz CT molecular complexity index is 1140. The summed E-state index contributed by atoms with van der Waals surface area (Å²) in [6, 6.07) is 17.0. The molecule has 0 aliphatic carbocycles. The van der Waals surface area contributed by atoms with Crippen LogP contribution < -0.4 is 0 Å². The third-order valence-electron chi connectivity index (χ3n) is 3.95. The summed E-state index contributed by atoms with van der Waals surface area (Å²) < 4.78 is 4.21. The van der Waals surface area contributed by atoms with E-state index in [-0.39, 0.29) is 0 Å². The van der Waals surface area contributed by atoms with Gasteiger partial charge in [-0.05, 0) is 46.3 Å². The molecule has 0 saturated carbocycles. The smallest absolute Gasteiger partial charge is 0.187 e. The first-order valence-electron chi connectivity index (χ1n) is 7.91. The van der Waals surface area contributed by atoms with Crippen molar-refractivity contribution in [3.05, 3.63) is 75.5 Å². The van der Waals surface area contributed by atoms with Crippen LogP contribution in [0.1, 0.15) is 11.1 Å². The van der Waals surface area contributed by atoms with Gasteiger partial charge in [-0.15, -0.1) is 5.10 Å². The molecule has 4 rings (SSSR count). The summed E-state index contributed by atoms with van der Waals surface area (Å²) in [6.07, 6.45) is 1.64. The van der Waals surface area contributed by atoms with Crippen LogP contribution in [0.5, 0.6) is 0 Å². The standard InChI is InChI=1S/C18H11BrClN7/c19-14-2-1-3-15(8-14)27-17(20)16(10-22-27)18-23-24-25-26(18)11-13-6-4-12(9-21)5-7-13/h1-8,10H,11H2. The molecule has 27 heavy (non-hydrogen) atoms. The van der Waals surface area contributed by atoms with Crippen LogP contribution in [0, 0.1) is 11.3 Å². The minimum atomic E-state index is 0.420. The lowest BCUT2D eigenvalue weighted by Gasteiger charge is -2.06. The second-order valence-corrected chi connectivity index (χ2v) is 6.98. The summed E-state index contributed by atoms with van der Waals surface area (Å²) in [5.41, 5.74) is 3.04. The largest absolute Gasteiger partial charge is 0.221 e. The predicted octanol–water partition coefficient (Wildman–Crippen LogP) is 3.86.